The van der Waals surface area contributed by atoms with Gasteiger partial charge in [0.1, 0.15) is 6.04 Å². The zero-order valence-electron chi connectivity index (χ0n) is 20.4. The number of nitrogens with one attached hydrogen (secondary N) is 2. The van der Waals surface area contributed by atoms with Crippen LogP contribution >= 0.6 is 0 Å². The Balaban J connectivity index is 1.50. The number of benzene rings is 3. The Morgan fingerprint density at radius 3 is 2.17 bits per heavy atom. The number of rotatable bonds is 7. The van der Waals surface area contributed by atoms with Crippen molar-refractivity contribution >= 4 is 26.9 Å². The number of aromatic amines is 1. The number of para-hydroxylation sites is 1. The smallest absolute Gasteiger partial charge is 0.324 e. The number of carbonyl (C=O) groups excluding carboxylic acids is 1. The molecule has 0 fully saturated rings. The van der Waals surface area contributed by atoms with Gasteiger partial charge in [-0.25, -0.2) is 8.42 Å². The quantitative estimate of drug-likeness (QED) is 0.283. The molecule has 0 radical (unpaired) electrons. The summed E-state index contributed by atoms with van der Waals surface area (Å²) in [5, 5.41) is 0.923. The van der Waals surface area contributed by atoms with E-state index in [0.717, 1.165) is 22.0 Å². The fraction of sp³-hybridized carbons (Fsp3) is 0.207. The molecule has 0 spiro atoms. The highest BCUT2D eigenvalue weighted by Crippen LogP contribution is 2.20. The molecule has 36 heavy (non-hydrogen) atoms. The minimum absolute atomic E-state index is 0.0437. The van der Waals surface area contributed by atoms with Gasteiger partial charge in [0.2, 0.25) is 10.0 Å². The monoisotopic (exact) mass is 500 g/mol. The maximum absolute atomic E-state index is 13.1. The summed E-state index contributed by atoms with van der Waals surface area (Å²) in [4.78, 5) is 15.6. The van der Waals surface area contributed by atoms with Crippen molar-refractivity contribution in [2.45, 2.75) is 37.1 Å². The van der Waals surface area contributed by atoms with Gasteiger partial charge in [-0.05, 0) is 59.5 Å². The van der Waals surface area contributed by atoms with E-state index < -0.39 is 22.0 Å². The number of esters is 1. The normalized spacial score (nSPS) is 12.2. The lowest BCUT2D eigenvalue weighted by Crippen LogP contribution is -2.42. The van der Waals surface area contributed by atoms with Crippen LogP contribution in [0.4, 0.5) is 0 Å². The fourth-order valence-electron chi connectivity index (χ4n) is 3.90. The predicted molar refractivity (Wildman–Crippen MR) is 141 cm³/mol. The Kier molecular flexibility index (Phi) is 7.58. The van der Waals surface area contributed by atoms with E-state index in [1.807, 2.05) is 36.4 Å². The molecule has 3 aromatic carbocycles. The molecule has 2 N–H and O–H groups in total. The summed E-state index contributed by atoms with van der Waals surface area (Å²) < 4.78 is 33.5. The summed E-state index contributed by atoms with van der Waals surface area (Å²) >= 11 is 0. The Bertz CT molecular complexity index is 1520. The molecule has 1 heterocycles. The molecule has 0 amide bonds. The molecule has 0 aliphatic heterocycles. The maximum Gasteiger partial charge on any atom is 0.324 e. The van der Waals surface area contributed by atoms with E-state index >= 15 is 0 Å². The van der Waals surface area contributed by atoms with E-state index in [1.54, 1.807) is 18.3 Å². The second kappa shape index (κ2) is 10.8. The van der Waals surface area contributed by atoms with Gasteiger partial charge in [-0.3, -0.25) is 4.79 Å². The van der Waals surface area contributed by atoms with Gasteiger partial charge >= 0.3 is 5.97 Å². The Morgan fingerprint density at radius 1 is 0.944 bits per heavy atom. The van der Waals surface area contributed by atoms with Crippen LogP contribution < -0.4 is 4.72 Å². The molecule has 0 aliphatic rings. The van der Waals surface area contributed by atoms with Crippen molar-refractivity contribution in [2.24, 2.45) is 0 Å². The number of ether oxygens (including phenoxy) is 1. The van der Waals surface area contributed by atoms with Gasteiger partial charge < -0.3 is 9.72 Å². The van der Waals surface area contributed by atoms with E-state index in [1.165, 1.54) is 24.8 Å². The van der Waals surface area contributed by atoms with Gasteiger partial charge in [0.15, 0.2) is 0 Å². The van der Waals surface area contributed by atoms with E-state index in [0.29, 0.717) is 11.5 Å². The number of H-pyrrole nitrogens is 1. The van der Waals surface area contributed by atoms with Crippen LogP contribution in [0.2, 0.25) is 0 Å². The van der Waals surface area contributed by atoms with Crippen LogP contribution in [0.15, 0.2) is 83.9 Å². The van der Waals surface area contributed by atoms with Crippen LogP contribution in [-0.4, -0.2) is 32.5 Å². The molecule has 4 aromatic rings. The van der Waals surface area contributed by atoms with Crippen molar-refractivity contribution in [3.63, 3.8) is 0 Å². The Morgan fingerprint density at radius 2 is 1.56 bits per heavy atom. The number of methoxy groups -OCH3 is 1. The van der Waals surface area contributed by atoms with Crippen LogP contribution in [0, 0.1) is 11.8 Å². The summed E-state index contributed by atoms with van der Waals surface area (Å²) in [6.45, 7) is 4.28. The average Bonchev–Trinajstić information content (AvgIpc) is 3.29. The Labute approximate surface area is 211 Å². The lowest BCUT2D eigenvalue weighted by Gasteiger charge is -2.16. The molecule has 184 valence electrons. The lowest BCUT2D eigenvalue weighted by molar-refractivity contribution is -0.142. The fourth-order valence-corrected chi connectivity index (χ4v) is 5.09. The molecular weight excluding hydrogens is 472 g/mol. The minimum Gasteiger partial charge on any atom is -0.468 e. The van der Waals surface area contributed by atoms with Crippen molar-refractivity contribution in [3.8, 4) is 11.8 Å². The maximum atomic E-state index is 13.1. The SMILES string of the molecule is COC(=O)[C@@H](Cc1c[nH]c2ccccc12)NS(=O)(=O)c1ccc(C#Cc2ccc(C(C)C)cc2)cc1. The lowest BCUT2D eigenvalue weighted by atomic mass is 10.0. The standard InChI is InChI=1S/C29H28N2O4S/c1-20(2)23-14-10-21(11-15-23)8-9-22-12-16-25(17-13-22)36(33,34)31-28(29(32)35-3)18-24-19-30-27-7-5-4-6-26(24)27/h4-7,10-17,19-20,28,30-31H,18H2,1-3H3/t28-/m1/s1. The molecule has 7 heteroatoms. The Hall–Kier alpha value is -3.86. The second-order valence-corrected chi connectivity index (χ2v) is 10.5. The van der Waals surface area contributed by atoms with Gasteiger partial charge in [-0.1, -0.05) is 56.0 Å². The van der Waals surface area contributed by atoms with Crippen LogP contribution in [0.1, 0.15) is 42.0 Å². The van der Waals surface area contributed by atoms with E-state index in [2.05, 4.69) is 47.5 Å². The van der Waals surface area contributed by atoms with Crippen molar-refractivity contribution in [1.29, 1.82) is 0 Å². The molecule has 0 unspecified atom stereocenters. The van der Waals surface area contributed by atoms with Gasteiger partial charge in [0.05, 0.1) is 12.0 Å². The molecule has 6 nitrogen and oxygen atoms in total. The number of sulfonamides is 1. The largest absolute Gasteiger partial charge is 0.468 e. The molecule has 0 bridgehead atoms. The van der Waals surface area contributed by atoms with Crippen molar-refractivity contribution in [3.05, 3.63) is 101 Å². The molecule has 1 atom stereocenters. The highest BCUT2D eigenvalue weighted by Gasteiger charge is 2.27. The van der Waals surface area contributed by atoms with Gasteiger partial charge in [0.25, 0.3) is 0 Å². The summed E-state index contributed by atoms with van der Waals surface area (Å²) in [5.74, 6) is 5.96. The minimum atomic E-state index is -3.98. The molecule has 0 saturated carbocycles. The second-order valence-electron chi connectivity index (χ2n) is 8.81. The summed E-state index contributed by atoms with van der Waals surface area (Å²) in [6, 6.07) is 20.9. The first-order valence-electron chi connectivity index (χ1n) is 11.6. The van der Waals surface area contributed by atoms with Crippen LogP contribution in [0.3, 0.4) is 0 Å². The molecule has 1 aromatic heterocycles. The van der Waals surface area contributed by atoms with E-state index in [9.17, 15) is 13.2 Å². The number of hydrogen-bond acceptors (Lipinski definition) is 4. The molecule has 0 saturated heterocycles. The first-order valence-corrected chi connectivity index (χ1v) is 13.1. The third-order valence-corrected chi connectivity index (χ3v) is 7.46. The summed E-state index contributed by atoms with van der Waals surface area (Å²) in [7, 11) is -2.74. The van der Waals surface area contributed by atoms with Gasteiger partial charge in [0, 0.05) is 34.6 Å². The zero-order valence-corrected chi connectivity index (χ0v) is 21.2. The highest BCUT2D eigenvalue weighted by molar-refractivity contribution is 7.89. The first-order chi connectivity index (χ1) is 17.3. The van der Waals surface area contributed by atoms with Crippen LogP contribution in [0.5, 0.6) is 0 Å². The molecule has 4 rings (SSSR count). The topological polar surface area (TPSA) is 88.3 Å². The van der Waals surface area contributed by atoms with Crippen LogP contribution in [0.25, 0.3) is 10.9 Å². The average molecular weight is 501 g/mol. The number of hydrogen-bond donors (Lipinski definition) is 2. The van der Waals surface area contributed by atoms with E-state index in [-0.39, 0.29) is 11.3 Å². The zero-order chi connectivity index (χ0) is 25.7. The number of aromatic nitrogens is 1. The van der Waals surface area contributed by atoms with Crippen LogP contribution in [-0.2, 0) is 26.0 Å². The summed E-state index contributed by atoms with van der Waals surface area (Å²) in [6.07, 6.45) is 1.92. The van der Waals surface area contributed by atoms with Crippen molar-refractivity contribution in [1.82, 2.24) is 9.71 Å². The van der Waals surface area contributed by atoms with Crippen molar-refractivity contribution < 1.29 is 17.9 Å². The van der Waals surface area contributed by atoms with E-state index in [4.69, 9.17) is 4.74 Å². The molecule has 0 aliphatic carbocycles. The highest BCUT2D eigenvalue weighted by atomic mass is 32.2. The van der Waals surface area contributed by atoms with Gasteiger partial charge in [-0.15, -0.1) is 0 Å². The third-order valence-electron chi connectivity index (χ3n) is 5.98. The predicted octanol–water partition coefficient (Wildman–Crippen LogP) is 4.75. The van der Waals surface area contributed by atoms with Gasteiger partial charge in [-0.2, -0.15) is 4.72 Å². The van der Waals surface area contributed by atoms with Crippen molar-refractivity contribution in [2.75, 3.05) is 7.11 Å². The third kappa shape index (κ3) is 5.85. The first kappa shape index (κ1) is 25.2. The molecular formula is C29H28N2O4S. The number of carbonyl (C=O) groups is 1. The number of fused-ring (bicyclic) bond motifs is 1. The summed E-state index contributed by atoms with van der Waals surface area (Å²) in [5.41, 5.74) is 4.54.